The van der Waals surface area contributed by atoms with E-state index in [2.05, 4.69) is 51.7 Å². The van der Waals surface area contributed by atoms with Crippen LogP contribution in [0, 0.1) is 0 Å². The Kier molecular flexibility index (Phi) is 7.59. The van der Waals surface area contributed by atoms with Crippen LogP contribution in [-0.4, -0.2) is 40.5 Å². The van der Waals surface area contributed by atoms with E-state index in [1.165, 1.54) is 0 Å². The fourth-order valence-electron chi connectivity index (χ4n) is 5.44. The van der Waals surface area contributed by atoms with Gasteiger partial charge in [0.1, 0.15) is 0 Å². The number of methoxy groups -OCH3 is 2. The van der Waals surface area contributed by atoms with Crippen LogP contribution in [0.5, 0.6) is 11.5 Å². The number of nitrogens with zero attached hydrogens (tertiary/aromatic N) is 5. The van der Waals surface area contributed by atoms with Crippen molar-refractivity contribution in [3.63, 3.8) is 0 Å². The molecule has 5 aromatic carbocycles. The summed E-state index contributed by atoms with van der Waals surface area (Å²) in [6.07, 6.45) is 1.63. The number of hydrogen-bond acceptors (Lipinski definition) is 7. The first kappa shape index (κ1) is 27.3. The number of isocyanates is 1. The number of hydrogen-bond donors (Lipinski definition) is 0. The molecule has 0 spiro atoms. The monoisotopic (exact) mass is 565 g/mol. The highest BCUT2D eigenvalue weighted by Crippen LogP contribution is 2.41. The van der Waals surface area contributed by atoms with Crippen molar-refractivity contribution in [2.45, 2.75) is 5.54 Å². The molecular formula is C35H27N5O3. The van der Waals surface area contributed by atoms with E-state index in [0.29, 0.717) is 28.6 Å². The Balaban J connectivity index is 1.61. The fraction of sp³-hybridized carbons (Fsp3) is 0.0857. The van der Waals surface area contributed by atoms with Crippen molar-refractivity contribution < 1.29 is 14.3 Å². The molecule has 1 aromatic heterocycles. The van der Waals surface area contributed by atoms with Crippen LogP contribution in [0.4, 0.5) is 5.69 Å². The van der Waals surface area contributed by atoms with E-state index < -0.39 is 5.54 Å². The van der Waals surface area contributed by atoms with E-state index in [9.17, 15) is 4.79 Å². The number of benzene rings is 5. The Hall–Kier alpha value is -5.85. The zero-order chi connectivity index (χ0) is 29.6. The Bertz CT molecular complexity index is 1800. The lowest BCUT2D eigenvalue weighted by molar-refractivity contribution is 0.355. The first-order valence-corrected chi connectivity index (χ1v) is 13.6. The molecule has 0 saturated carbocycles. The summed E-state index contributed by atoms with van der Waals surface area (Å²) in [5.41, 5.74) is 4.67. The van der Waals surface area contributed by atoms with Crippen LogP contribution >= 0.6 is 0 Å². The van der Waals surface area contributed by atoms with E-state index >= 15 is 0 Å². The standard InChI is InChI=1S/C35H27N5O3/c1-42-32-21-18-25(22-33(32)43-2)30-20-19-29(36-24-41)23-31(30)34-37-39-40(38-34)35(26-12-6-3-7-13-26,27-14-8-4-9-15-27)28-16-10-5-11-17-28/h3-23H,1-2H3. The van der Waals surface area contributed by atoms with Gasteiger partial charge in [0.05, 0.1) is 19.9 Å². The van der Waals surface area contributed by atoms with Crippen molar-refractivity contribution in [2.24, 2.45) is 4.99 Å². The second-order valence-electron chi connectivity index (χ2n) is 9.71. The topological polar surface area (TPSA) is 91.5 Å². The normalized spacial score (nSPS) is 11.0. The zero-order valence-electron chi connectivity index (χ0n) is 23.6. The van der Waals surface area contributed by atoms with E-state index in [0.717, 1.165) is 27.8 Å². The maximum Gasteiger partial charge on any atom is 0.240 e. The number of aromatic nitrogens is 4. The average Bonchev–Trinajstić information content (AvgIpc) is 3.57. The lowest BCUT2D eigenvalue weighted by Crippen LogP contribution is -2.39. The van der Waals surface area contributed by atoms with Gasteiger partial charge in [-0.05, 0) is 57.3 Å². The van der Waals surface area contributed by atoms with Gasteiger partial charge in [-0.1, -0.05) is 103 Å². The third-order valence-electron chi connectivity index (χ3n) is 7.40. The third-order valence-corrected chi connectivity index (χ3v) is 7.40. The molecule has 1 heterocycles. The Morgan fingerprint density at radius 3 is 1.79 bits per heavy atom. The van der Waals surface area contributed by atoms with Crippen LogP contribution in [0.1, 0.15) is 16.7 Å². The largest absolute Gasteiger partial charge is 0.493 e. The Labute approximate surface area is 248 Å². The van der Waals surface area contributed by atoms with Crippen LogP contribution in [-0.2, 0) is 10.3 Å². The van der Waals surface area contributed by atoms with Gasteiger partial charge in [-0.2, -0.15) is 4.99 Å². The highest BCUT2D eigenvalue weighted by molar-refractivity contribution is 5.84. The summed E-state index contributed by atoms with van der Waals surface area (Å²) in [5, 5.41) is 14.3. The number of rotatable bonds is 9. The van der Waals surface area contributed by atoms with Crippen LogP contribution in [0.15, 0.2) is 132 Å². The Morgan fingerprint density at radius 1 is 0.674 bits per heavy atom. The van der Waals surface area contributed by atoms with Gasteiger partial charge in [0.2, 0.25) is 11.9 Å². The number of aliphatic imine (C=N–C) groups is 1. The molecule has 0 aliphatic carbocycles. The quantitative estimate of drug-likeness (QED) is 0.108. The molecule has 0 N–H and O–H groups in total. The van der Waals surface area contributed by atoms with Crippen LogP contribution in [0.25, 0.3) is 22.5 Å². The summed E-state index contributed by atoms with van der Waals surface area (Å²) >= 11 is 0. The van der Waals surface area contributed by atoms with Crippen molar-refractivity contribution in [3.05, 3.63) is 144 Å². The van der Waals surface area contributed by atoms with Crippen molar-refractivity contribution in [2.75, 3.05) is 14.2 Å². The summed E-state index contributed by atoms with van der Waals surface area (Å²) in [7, 11) is 3.18. The minimum atomic E-state index is -0.933. The molecule has 0 atom stereocenters. The molecule has 43 heavy (non-hydrogen) atoms. The van der Waals surface area contributed by atoms with Gasteiger partial charge < -0.3 is 9.47 Å². The lowest BCUT2D eigenvalue weighted by Gasteiger charge is -2.34. The van der Waals surface area contributed by atoms with E-state index in [1.807, 2.05) is 78.9 Å². The second-order valence-corrected chi connectivity index (χ2v) is 9.71. The first-order chi connectivity index (χ1) is 21.2. The summed E-state index contributed by atoms with van der Waals surface area (Å²) < 4.78 is 11.0. The average molecular weight is 566 g/mol. The molecule has 0 radical (unpaired) electrons. The van der Waals surface area contributed by atoms with E-state index in [-0.39, 0.29) is 0 Å². The number of tetrazole rings is 1. The summed E-state index contributed by atoms with van der Waals surface area (Å²) in [6, 6.07) is 41.4. The van der Waals surface area contributed by atoms with Crippen molar-refractivity contribution in [1.29, 1.82) is 0 Å². The van der Waals surface area contributed by atoms with E-state index in [1.54, 1.807) is 37.2 Å². The van der Waals surface area contributed by atoms with Gasteiger partial charge >= 0.3 is 0 Å². The minimum Gasteiger partial charge on any atom is -0.493 e. The molecule has 0 aliphatic rings. The van der Waals surface area contributed by atoms with Crippen LogP contribution in [0.3, 0.4) is 0 Å². The lowest BCUT2D eigenvalue weighted by atomic mass is 9.77. The molecule has 8 nitrogen and oxygen atoms in total. The third kappa shape index (κ3) is 4.96. The number of carbonyl (C=O) groups excluding carboxylic acids is 1. The summed E-state index contributed by atoms with van der Waals surface area (Å²) in [6.45, 7) is 0. The maximum atomic E-state index is 11.2. The van der Waals surface area contributed by atoms with Crippen molar-refractivity contribution >= 4 is 11.8 Å². The fourth-order valence-corrected chi connectivity index (χ4v) is 5.44. The zero-order valence-corrected chi connectivity index (χ0v) is 23.6. The van der Waals surface area contributed by atoms with Gasteiger partial charge in [0, 0.05) is 5.56 Å². The second kappa shape index (κ2) is 11.9. The molecule has 0 fully saturated rings. The SMILES string of the molecule is COc1ccc(-c2ccc(N=C=O)cc2-c2nnn(C(c3ccccc3)(c3ccccc3)c3ccccc3)n2)cc1OC. The number of ether oxygens (including phenoxy) is 2. The smallest absolute Gasteiger partial charge is 0.240 e. The highest BCUT2D eigenvalue weighted by Gasteiger charge is 2.41. The van der Waals surface area contributed by atoms with Gasteiger partial charge in [-0.3, -0.25) is 0 Å². The molecule has 210 valence electrons. The predicted molar refractivity (Wildman–Crippen MR) is 164 cm³/mol. The molecule has 0 bridgehead atoms. The van der Waals surface area contributed by atoms with Gasteiger partial charge in [-0.15, -0.1) is 15.0 Å². The molecule has 8 heteroatoms. The molecular weight excluding hydrogens is 538 g/mol. The summed E-state index contributed by atoms with van der Waals surface area (Å²) in [4.78, 5) is 16.7. The van der Waals surface area contributed by atoms with Crippen molar-refractivity contribution in [3.8, 4) is 34.0 Å². The molecule has 0 unspecified atom stereocenters. The maximum absolute atomic E-state index is 11.2. The van der Waals surface area contributed by atoms with Gasteiger partial charge in [0.25, 0.3) is 0 Å². The van der Waals surface area contributed by atoms with Crippen LogP contribution < -0.4 is 9.47 Å². The molecule has 6 aromatic rings. The van der Waals surface area contributed by atoms with Crippen molar-refractivity contribution in [1.82, 2.24) is 20.2 Å². The minimum absolute atomic E-state index is 0.361. The van der Waals surface area contributed by atoms with Gasteiger partial charge in [-0.25, -0.2) is 4.79 Å². The Morgan fingerprint density at radius 2 is 1.26 bits per heavy atom. The first-order valence-electron chi connectivity index (χ1n) is 13.6. The molecule has 0 aliphatic heterocycles. The van der Waals surface area contributed by atoms with Crippen LogP contribution in [0.2, 0.25) is 0 Å². The predicted octanol–water partition coefficient (Wildman–Crippen LogP) is 6.83. The highest BCUT2D eigenvalue weighted by atomic mass is 16.5. The molecule has 0 saturated heterocycles. The molecule has 0 amide bonds. The summed E-state index contributed by atoms with van der Waals surface area (Å²) in [5.74, 6) is 1.55. The van der Waals surface area contributed by atoms with Gasteiger partial charge in [0.15, 0.2) is 17.0 Å². The van der Waals surface area contributed by atoms with E-state index in [4.69, 9.17) is 14.6 Å². The molecule has 6 rings (SSSR count).